The predicted molar refractivity (Wildman–Crippen MR) is 118 cm³/mol. The summed E-state index contributed by atoms with van der Waals surface area (Å²) < 4.78 is 21.1. The van der Waals surface area contributed by atoms with E-state index in [-0.39, 0.29) is 30.7 Å². The molecule has 0 spiro atoms. The monoisotopic (exact) mass is 434 g/mol. The number of piperidine rings is 1. The van der Waals surface area contributed by atoms with Crippen molar-refractivity contribution in [2.45, 2.75) is 19.4 Å². The van der Waals surface area contributed by atoms with Crippen molar-refractivity contribution >= 4 is 39.7 Å². The van der Waals surface area contributed by atoms with E-state index >= 15 is 0 Å². The molecule has 0 aliphatic carbocycles. The first-order valence-corrected chi connectivity index (χ1v) is 10.4. The first-order valence-electron chi connectivity index (χ1n) is 9.59. The van der Waals surface area contributed by atoms with Crippen molar-refractivity contribution in [2.24, 2.45) is 5.92 Å². The van der Waals surface area contributed by atoms with Crippen molar-refractivity contribution in [1.29, 1.82) is 0 Å². The minimum Gasteiger partial charge on any atom is -0.489 e. The van der Waals surface area contributed by atoms with E-state index in [4.69, 9.17) is 4.74 Å². The summed E-state index contributed by atoms with van der Waals surface area (Å²) in [5.41, 5.74) is 0.612. The SMILES string of the molecule is Cl.O=C(NCC1CCCNC1)c1sc2cccc(F)c2c1COc1ccccc1. The second kappa shape index (κ2) is 10.1. The number of hydrogen-bond acceptors (Lipinski definition) is 4. The van der Waals surface area contributed by atoms with Crippen LogP contribution < -0.4 is 15.4 Å². The van der Waals surface area contributed by atoms with Crippen LogP contribution in [0.25, 0.3) is 10.1 Å². The molecule has 2 aromatic carbocycles. The van der Waals surface area contributed by atoms with Gasteiger partial charge in [-0.1, -0.05) is 24.3 Å². The standard InChI is InChI=1S/C22H23FN2O2S.ClH/c23-18-9-4-10-19-20(18)17(14-27-16-7-2-1-3-8-16)21(28-19)22(26)25-13-15-6-5-11-24-12-15;/h1-4,7-10,15,24H,5-6,11-14H2,(H,25,26);1H. The Hall–Kier alpha value is -2.15. The van der Waals surface area contributed by atoms with Gasteiger partial charge < -0.3 is 15.4 Å². The number of halogens is 2. The zero-order chi connectivity index (χ0) is 19.3. The number of nitrogens with one attached hydrogen (secondary N) is 2. The van der Waals surface area contributed by atoms with Crippen LogP contribution in [0.1, 0.15) is 28.1 Å². The molecule has 1 saturated heterocycles. The molecule has 1 fully saturated rings. The zero-order valence-corrected chi connectivity index (χ0v) is 17.6. The predicted octanol–water partition coefficient (Wildman–Crippen LogP) is 4.77. The first-order chi connectivity index (χ1) is 13.7. The normalized spacial score (nSPS) is 16.2. The molecule has 0 bridgehead atoms. The number of thiophene rings is 1. The summed E-state index contributed by atoms with van der Waals surface area (Å²) in [5.74, 6) is 0.652. The van der Waals surface area contributed by atoms with E-state index < -0.39 is 0 Å². The second-order valence-corrected chi connectivity index (χ2v) is 8.10. The summed E-state index contributed by atoms with van der Waals surface area (Å²) in [6.45, 7) is 2.74. The van der Waals surface area contributed by atoms with Gasteiger partial charge in [-0.3, -0.25) is 4.79 Å². The van der Waals surface area contributed by atoms with Crippen LogP contribution in [-0.4, -0.2) is 25.5 Å². The largest absolute Gasteiger partial charge is 0.489 e. The fourth-order valence-electron chi connectivity index (χ4n) is 3.58. The third kappa shape index (κ3) is 5.07. The molecular weight excluding hydrogens is 411 g/mol. The lowest BCUT2D eigenvalue weighted by Gasteiger charge is -2.22. The Morgan fingerprint density at radius 2 is 2.03 bits per heavy atom. The van der Waals surface area contributed by atoms with Crippen molar-refractivity contribution in [3.63, 3.8) is 0 Å². The Balaban J connectivity index is 0.00000240. The van der Waals surface area contributed by atoms with Crippen LogP contribution in [0.4, 0.5) is 4.39 Å². The molecule has 1 amide bonds. The zero-order valence-electron chi connectivity index (χ0n) is 15.9. The van der Waals surface area contributed by atoms with Crippen LogP contribution in [0.5, 0.6) is 5.75 Å². The number of benzene rings is 2. The summed E-state index contributed by atoms with van der Waals surface area (Å²) in [7, 11) is 0. The highest BCUT2D eigenvalue weighted by atomic mass is 35.5. The molecule has 3 aromatic rings. The molecule has 7 heteroatoms. The average Bonchev–Trinajstić information content (AvgIpc) is 3.12. The Morgan fingerprint density at radius 1 is 1.21 bits per heavy atom. The van der Waals surface area contributed by atoms with Crippen molar-refractivity contribution in [3.05, 3.63) is 64.8 Å². The highest BCUT2D eigenvalue weighted by Crippen LogP contribution is 2.34. The fourth-order valence-corrected chi connectivity index (χ4v) is 4.71. The van der Waals surface area contributed by atoms with E-state index in [0.29, 0.717) is 34.0 Å². The Labute approximate surface area is 179 Å². The fraction of sp³-hybridized carbons (Fsp3) is 0.318. The van der Waals surface area contributed by atoms with Gasteiger partial charge in [0.2, 0.25) is 0 Å². The molecule has 4 rings (SSSR count). The molecule has 1 aliphatic rings. The van der Waals surface area contributed by atoms with Crippen LogP contribution >= 0.6 is 23.7 Å². The summed E-state index contributed by atoms with van der Waals surface area (Å²) >= 11 is 1.32. The highest BCUT2D eigenvalue weighted by molar-refractivity contribution is 7.21. The number of carbonyl (C=O) groups excluding carboxylic acids is 1. The topological polar surface area (TPSA) is 50.4 Å². The molecule has 29 heavy (non-hydrogen) atoms. The van der Waals surface area contributed by atoms with Crippen molar-refractivity contribution in [2.75, 3.05) is 19.6 Å². The number of ether oxygens (including phenoxy) is 1. The van der Waals surface area contributed by atoms with Gasteiger partial charge in [0.1, 0.15) is 18.2 Å². The van der Waals surface area contributed by atoms with Gasteiger partial charge >= 0.3 is 0 Å². The number of fused-ring (bicyclic) bond motifs is 1. The molecular formula is C22H24ClFN2O2S. The molecule has 0 radical (unpaired) electrons. The molecule has 0 saturated carbocycles. The molecule has 1 aromatic heterocycles. The lowest BCUT2D eigenvalue weighted by Crippen LogP contribution is -2.38. The van der Waals surface area contributed by atoms with E-state index in [1.807, 2.05) is 36.4 Å². The minimum atomic E-state index is -0.323. The maximum absolute atomic E-state index is 14.5. The van der Waals surface area contributed by atoms with Gasteiger partial charge in [0, 0.05) is 22.2 Å². The van der Waals surface area contributed by atoms with Gasteiger partial charge in [0.25, 0.3) is 5.91 Å². The summed E-state index contributed by atoms with van der Waals surface area (Å²) in [6.07, 6.45) is 2.24. The summed E-state index contributed by atoms with van der Waals surface area (Å²) in [5, 5.41) is 6.88. The lowest BCUT2D eigenvalue weighted by molar-refractivity contribution is 0.0946. The van der Waals surface area contributed by atoms with Crippen LogP contribution in [-0.2, 0) is 6.61 Å². The number of hydrogen-bond donors (Lipinski definition) is 2. The van der Waals surface area contributed by atoms with Crippen LogP contribution in [0.2, 0.25) is 0 Å². The molecule has 4 nitrogen and oxygen atoms in total. The number of carbonyl (C=O) groups is 1. The van der Waals surface area contributed by atoms with Gasteiger partial charge in [0.05, 0.1) is 4.88 Å². The molecule has 1 aliphatic heterocycles. The van der Waals surface area contributed by atoms with Gasteiger partial charge in [-0.15, -0.1) is 23.7 Å². The smallest absolute Gasteiger partial charge is 0.261 e. The van der Waals surface area contributed by atoms with Gasteiger partial charge in [0.15, 0.2) is 0 Å². The van der Waals surface area contributed by atoms with Crippen molar-refractivity contribution < 1.29 is 13.9 Å². The summed E-state index contributed by atoms with van der Waals surface area (Å²) in [6, 6.07) is 14.3. The average molecular weight is 435 g/mol. The Bertz CT molecular complexity index is 958. The van der Waals surface area contributed by atoms with E-state index in [1.54, 1.807) is 6.07 Å². The van der Waals surface area contributed by atoms with Gasteiger partial charge in [-0.25, -0.2) is 4.39 Å². The third-order valence-corrected chi connectivity index (χ3v) is 6.24. The second-order valence-electron chi connectivity index (χ2n) is 7.05. The van der Waals surface area contributed by atoms with Gasteiger partial charge in [-0.2, -0.15) is 0 Å². The molecule has 1 atom stereocenters. The molecule has 2 heterocycles. The third-order valence-electron chi connectivity index (χ3n) is 5.05. The Kier molecular flexibility index (Phi) is 7.47. The molecule has 2 N–H and O–H groups in total. The number of rotatable bonds is 6. The Morgan fingerprint density at radius 3 is 2.79 bits per heavy atom. The number of para-hydroxylation sites is 1. The van der Waals surface area contributed by atoms with Crippen molar-refractivity contribution in [3.8, 4) is 5.75 Å². The first kappa shape index (κ1) is 21.6. The maximum atomic E-state index is 14.5. The molecule has 1 unspecified atom stereocenters. The maximum Gasteiger partial charge on any atom is 0.261 e. The van der Waals surface area contributed by atoms with E-state index in [1.165, 1.54) is 17.4 Å². The van der Waals surface area contributed by atoms with E-state index in [9.17, 15) is 9.18 Å². The molecule has 154 valence electrons. The highest BCUT2D eigenvalue weighted by Gasteiger charge is 2.22. The lowest BCUT2D eigenvalue weighted by atomic mass is 10.00. The summed E-state index contributed by atoms with van der Waals surface area (Å²) in [4.78, 5) is 13.4. The van der Waals surface area contributed by atoms with E-state index in [2.05, 4.69) is 10.6 Å². The van der Waals surface area contributed by atoms with Crippen LogP contribution in [0, 0.1) is 11.7 Å². The van der Waals surface area contributed by atoms with Crippen LogP contribution in [0.15, 0.2) is 48.5 Å². The quantitative estimate of drug-likeness (QED) is 0.587. The van der Waals surface area contributed by atoms with Crippen LogP contribution in [0.3, 0.4) is 0 Å². The number of amides is 1. The van der Waals surface area contributed by atoms with Gasteiger partial charge in [-0.05, 0) is 56.1 Å². The minimum absolute atomic E-state index is 0. The van der Waals surface area contributed by atoms with Crippen molar-refractivity contribution in [1.82, 2.24) is 10.6 Å². The van der Waals surface area contributed by atoms with E-state index in [0.717, 1.165) is 30.6 Å².